The van der Waals surface area contributed by atoms with Gasteiger partial charge in [0.2, 0.25) is 0 Å². The molecular formula is C15H17BrN2O. The van der Waals surface area contributed by atoms with Crippen molar-refractivity contribution >= 4 is 27.3 Å². The lowest BCUT2D eigenvalue weighted by molar-refractivity contribution is 0.417. The normalized spacial score (nSPS) is 10.3. The number of rotatable bonds is 4. The van der Waals surface area contributed by atoms with Crippen LogP contribution in [0, 0.1) is 0 Å². The molecule has 0 saturated carbocycles. The molecule has 2 aromatic rings. The van der Waals surface area contributed by atoms with Crippen LogP contribution >= 0.6 is 15.9 Å². The maximum absolute atomic E-state index is 6.10. The van der Waals surface area contributed by atoms with Gasteiger partial charge in [0, 0.05) is 18.1 Å². The van der Waals surface area contributed by atoms with Crippen molar-refractivity contribution in [2.45, 2.75) is 6.54 Å². The van der Waals surface area contributed by atoms with E-state index >= 15 is 0 Å². The molecule has 0 aromatic heterocycles. The zero-order valence-electron chi connectivity index (χ0n) is 11.1. The Morgan fingerprint density at radius 2 is 1.84 bits per heavy atom. The van der Waals surface area contributed by atoms with Gasteiger partial charge < -0.3 is 15.4 Å². The highest BCUT2D eigenvalue weighted by molar-refractivity contribution is 9.10. The van der Waals surface area contributed by atoms with E-state index in [2.05, 4.69) is 33.0 Å². The predicted molar refractivity (Wildman–Crippen MR) is 83.7 cm³/mol. The van der Waals surface area contributed by atoms with Crippen molar-refractivity contribution in [3.63, 3.8) is 0 Å². The first-order chi connectivity index (χ1) is 9.11. The number of anilines is 2. The fourth-order valence-corrected chi connectivity index (χ4v) is 2.26. The number of nitrogens with zero attached hydrogens (tertiary/aromatic N) is 1. The number of hydrogen-bond donors (Lipinski definition) is 1. The summed E-state index contributed by atoms with van der Waals surface area (Å²) in [6.07, 6.45) is 0. The minimum absolute atomic E-state index is 0.671. The SMILES string of the molecule is COc1cccc(N(C)Cc2ccc(Br)cc2)c1N. The van der Waals surface area contributed by atoms with E-state index in [0.717, 1.165) is 16.7 Å². The molecular weight excluding hydrogens is 304 g/mol. The molecule has 2 N–H and O–H groups in total. The van der Waals surface area contributed by atoms with Gasteiger partial charge in [-0.05, 0) is 29.8 Å². The van der Waals surface area contributed by atoms with Crippen LogP contribution in [0.1, 0.15) is 5.56 Å². The number of benzene rings is 2. The van der Waals surface area contributed by atoms with E-state index in [1.165, 1.54) is 5.56 Å². The molecule has 0 saturated heterocycles. The summed E-state index contributed by atoms with van der Waals surface area (Å²) >= 11 is 3.44. The van der Waals surface area contributed by atoms with Crippen molar-refractivity contribution in [1.82, 2.24) is 0 Å². The lowest BCUT2D eigenvalue weighted by Crippen LogP contribution is -2.18. The lowest BCUT2D eigenvalue weighted by atomic mass is 10.2. The first kappa shape index (κ1) is 13.7. The Kier molecular flexibility index (Phi) is 4.32. The van der Waals surface area contributed by atoms with Gasteiger partial charge in [-0.1, -0.05) is 34.1 Å². The Morgan fingerprint density at radius 1 is 1.16 bits per heavy atom. The number of para-hydroxylation sites is 1. The minimum atomic E-state index is 0.671. The Bertz CT molecular complexity index is 555. The van der Waals surface area contributed by atoms with Gasteiger partial charge in [-0.25, -0.2) is 0 Å². The van der Waals surface area contributed by atoms with E-state index in [9.17, 15) is 0 Å². The number of nitrogens with two attached hydrogens (primary N) is 1. The third kappa shape index (κ3) is 3.20. The molecule has 100 valence electrons. The van der Waals surface area contributed by atoms with Gasteiger partial charge in [0.05, 0.1) is 18.5 Å². The molecule has 0 spiro atoms. The summed E-state index contributed by atoms with van der Waals surface area (Å²) in [6.45, 7) is 0.796. The molecule has 0 aliphatic heterocycles. The molecule has 2 aromatic carbocycles. The van der Waals surface area contributed by atoms with Gasteiger partial charge in [-0.3, -0.25) is 0 Å². The number of ether oxygens (including phenoxy) is 1. The van der Waals surface area contributed by atoms with Crippen molar-refractivity contribution in [1.29, 1.82) is 0 Å². The topological polar surface area (TPSA) is 38.5 Å². The second-order valence-corrected chi connectivity index (χ2v) is 5.29. The molecule has 0 aliphatic carbocycles. The van der Waals surface area contributed by atoms with Crippen LogP contribution in [-0.4, -0.2) is 14.2 Å². The molecule has 0 aliphatic rings. The van der Waals surface area contributed by atoms with Gasteiger partial charge in [-0.15, -0.1) is 0 Å². The van der Waals surface area contributed by atoms with Gasteiger partial charge in [0.1, 0.15) is 5.75 Å². The van der Waals surface area contributed by atoms with Crippen molar-refractivity contribution in [2.75, 3.05) is 24.8 Å². The number of nitrogen functional groups attached to an aromatic ring is 1. The molecule has 4 heteroatoms. The third-order valence-corrected chi connectivity index (χ3v) is 3.54. The van der Waals surface area contributed by atoms with E-state index < -0.39 is 0 Å². The van der Waals surface area contributed by atoms with Crippen LogP contribution in [0.4, 0.5) is 11.4 Å². The zero-order chi connectivity index (χ0) is 13.8. The fraction of sp³-hybridized carbons (Fsp3) is 0.200. The Hall–Kier alpha value is -1.68. The molecule has 0 heterocycles. The van der Waals surface area contributed by atoms with Gasteiger partial charge in [0.15, 0.2) is 0 Å². The van der Waals surface area contributed by atoms with Crippen molar-refractivity contribution in [2.24, 2.45) is 0 Å². The number of hydrogen-bond acceptors (Lipinski definition) is 3. The summed E-state index contributed by atoms with van der Waals surface area (Å²) < 4.78 is 6.33. The molecule has 0 radical (unpaired) electrons. The molecule has 2 rings (SSSR count). The van der Waals surface area contributed by atoms with Gasteiger partial charge in [0.25, 0.3) is 0 Å². The van der Waals surface area contributed by atoms with Crippen LogP contribution in [0.2, 0.25) is 0 Å². The summed E-state index contributed by atoms with van der Waals surface area (Å²) in [6, 6.07) is 14.1. The van der Waals surface area contributed by atoms with Crippen molar-refractivity contribution in [3.8, 4) is 5.75 Å². The molecule has 0 bridgehead atoms. The summed E-state index contributed by atoms with van der Waals surface area (Å²) in [5.41, 5.74) is 8.97. The summed E-state index contributed by atoms with van der Waals surface area (Å²) in [4.78, 5) is 2.11. The molecule has 0 atom stereocenters. The quantitative estimate of drug-likeness (QED) is 0.873. The van der Waals surface area contributed by atoms with Crippen LogP contribution in [0.15, 0.2) is 46.9 Å². The monoisotopic (exact) mass is 320 g/mol. The Balaban J connectivity index is 2.20. The van der Waals surface area contributed by atoms with Gasteiger partial charge >= 0.3 is 0 Å². The van der Waals surface area contributed by atoms with E-state index in [1.54, 1.807) is 7.11 Å². The van der Waals surface area contributed by atoms with Crippen molar-refractivity contribution < 1.29 is 4.74 Å². The Morgan fingerprint density at radius 3 is 2.47 bits per heavy atom. The average molecular weight is 321 g/mol. The largest absolute Gasteiger partial charge is 0.495 e. The first-order valence-corrected chi connectivity index (χ1v) is 6.79. The Labute approximate surface area is 122 Å². The number of halogens is 1. The highest BCUT2D eigenvalue weighted by Crippen LogP contribution is 2.32. The lowest BCUT2D eigenvalue weighted by Gasteiger charge is -2.22. The summed E-state index contributed by atoms with van der Waals surface area (Å²) in [7, 11) is 3.65. The van der Waals surface area contributed by atoms with E-state index in [1.807, 2.05) is 37.4 Å². The number of methoxy groups -OCH3 is 1. The van der Waals surface area contributed by atoms with Gasteiger partial charge in [-0.2, -0.15) is 0 Å². The first-order valence-electron chi connectivity index (χ1n) is 6.00. The van der Waals surface area contributed by atoms with E-state index in [4.69, 9.17) is 10.5 Å². The van der Waals surface area contributed by atoms with E-state index in [0.29, 0.717) is 11.4 Å². The summed E-state index contributed by atoms with van der Waals surface area (Å²) in [5, 5.41) is 0. The molecule has 0 fully saturated rings. The highest BCUT2D eigenvalue weighted by atomic mass is 79.9. The molecule has 0 unspecified atom stereocenters. The van der Waals surface area contributed by atoms with Crippen LogP contribution < -0.4 is 15.4 Å². The molecule has 3 nitrogen and oxygen atoms in total. The van der Waals surface area contributed by atoms with E-state index in [-0.39, 0.29) is 0 Å². The standard InChI is InChI=1S/C15H17BrN2O/c1-18(10-11-6-8-12(16)9-7-11)13-4-3-5-14(19-2)15(13)17/h3-9H,10,17H2,1-2H3. The minimum Gasteiger partial charge on any atom is -0.495 e. The van der Waals surface area contributed by atoms with Crippen LogP contribution in [0.25, 0.3) is 0 Å². The second kappa shape index (κ2) is 5.97. The summed E-state index contributed by atoms with van der Waals surface area (Å²) in [5.74, 6) is 0.708. The maximum Gasteiger partial charge on any atom is 0.143 e. The zero-order valence-corrected chi connectivity index (χ0v) is 12.6. The smallest absolute Gasteiger partial charge is 0.143 e. The second-order valence-electron chi connectivity index (χ2n) is 4.38. The highest BCUT2D eigenvalue weighted by Gasteiger charge is 2.09. The molecule has 19 heavy (non-hydrogen) atoms. The average Bonchev–Trinajstić information content (AvgIpc) is 2.41. The third-order valence-electron chi connectivity index (χ3n) is 3.01. The fourth-order valence-electron chi connectivity index (χ4n) is 1.99. The van der Waals surface area contributed by atoms with Crippen LogP contribution in [0.3, 0.4) is 0 Å². The molecule has 0 amide bonds. The van der Waals surface area contributed by atoms with Crippen LogP contribution in [-0.2, 0) is 6.54 Å². The van der Waals surface area contributed by atoms with Crippen LogP contribution in [0.5, 0.6) is 5.75 Å². The predicted octanol–water partition coefficient (Wildman–Crippen LogP) is 3.68. The maximum atomic E-state index is 6.10. The van der Waals surface area contributed by atoms with Crippen molar-refractivity contribution in [3.05, 3.63) is 52.5 Å².